The topological polar surface area (TPSA) is 78.0 Å². The highest BCUT2D eigenvalue weighted by Crippen LogP contribution is 2.33. The van der Waals surface area contributed by atoms with Crippen LogP contribution in [0.1, 0.15) is 34.3 Å². The van der Waals surface area contributed by atoms with E-state index in [0.29, 0.717) is 34.8 Å². The molecule has 7 nitrogen and oxygen atoms in total. The lowest BCUT2D eigenvalue weighted by Gasteiger charge is -2.35. The van der Waals surface area contributed by atoms with Crippen LogP contribution < -0.4 is 4.90 Å². The Morgan fingerprint density at radius 3 is 2.28 bits per heavy atom. The Morgan fingerprint density at radius 2 is 1.62 bits per heavy atom. The number of carbonyl (C=O) groups is 2. The molecule has 1 saturated heterocycles. The van der Waals surface area contributed by atoms with Crippen LogP contribution in [0.2, 0.25) is 0 Å². The molecule has 0 spiro atoms. The number of benzene rings is 2. The van der Waals surface area contributed by atoms with Gasteiger partial charge in [0.15, 0.2) is 0 Å². The average Bonchev–Trinajstić information content (AvgIpc) is 3.65. The van der Waals surface area contributed by atoms with E-state index in [1.807, 2.05) is 25.1 Å². The van der Waals surface area contributed by atoms with Crippen LogP contribution in [0, 0.1) is 19.8 Å². The molecule has 2 aliphatic rings. The van der Waals surface area contributed by atoms with Crippen molar-refractivity contribution in [1.29, 1.82) is 0 Å². The normalized spacial score (nSPS) is 17.3. The number of amides is 2. The Bertz CT molecular complexity index is 1150. The fraction of sp³-hybridized carbons (Fsp3) is 0.417. The van der Waals surface area contributed by atoms with Gasteiger partial charge < -0.3 is 9.80 Å². The van der Waals surface area contributed by atoms with Crippen LogP contribution in [-0.2, 0) is 14.8 Å². The highest BCUT2D eigenvalue weighted by molar-refractivity contribution is 7.89. The van der Waals surface area contributed by atoms with Gasteiger partial charge in [0.1, 0.15) is 0 Å². The standard InChI is InChI=1S/C24H29N3O4S/c1-17-8-9-18(2)22(16-17)32(30,31)27-14-12-26(13-15-27)24(29)20-6-4-5-7-21(20)25(3)23(28)19-10-11-19/h4-9,16,19H,10-15H2,1-3H3. The minimum absolute atomic E-state index is 0.0367. The Hall–Kier alpha value is -2.71. The summed E-state index contributed by atoms with van der Waals surface area (Å²) in [5.41, 5.74) is 2.67. The molecule has 2 amide bonds. The van der Waals surface area contributed by atoms with Gasteiger partial charge in [-0.05, 0) is 56.0 Å². The number of carbonyl (C=O) groups excluding carboxylic acids is 2. The van der Waals surface area contributed by atoms with Crippen molar-refractivity contribution in [3.8, 4) is 0 Å². The first-order valence-corrected chi connectivity index (χ1v) is 12.4. The van der Waals surface area contributed by atoms with Crippen LogP contribution in [0.5, 0.6) is 0 Å². The molecule has 4 rings (SSSR count). The van der Waals surface area contributed by atoms with Crippen molar-refractivity contribution < 1.29 is 18.0 Å². The van der Waals surface area contributed by atoms with Crippen LogP contribution in [-0.4, -0.2) is 62.7 Å². The van der Waals surface area contributed by atoms with E-state index in [4.69, 9.17) is 0 Å². The van der Waals surface area contributed by atoms with Gasteiger partial charge in [-0.1, -0.05) is 24.3 Å². The van der Waals surface area contributed by atoms with Crippen molar-refractivity contribution >= 4 is 27.5 Å². The first kappa shape index (κ1) is 22.5. The minimum Gasteiger partial charge on any atom is -0.336 e. The van der Waals surface area contributed by atoms with Crippen molar-refractivity contribution in [2.24, 2.45) is 5.92 Å². The third-order valence-corrected chi connectivity index (χ3v) is 8.28. The quantitative estimate of drug-likeness (QED) is 0.695. The molecular weight excluding hydrogens is 426 g/mol. The number of rotatable bonds is 5. The van der Waals surface area contributed by atoms with Crippen LogP contribution in [0.15, 0.2) is 47.4 Å². The maximum Gasteiger partial charge on any atom is 0.256 e. The van der Waals surface area contributed by atoms with E-state index in [9.17, 15) is 18.0 Å². The van der Waals surface area contributed by atoms with Gasteiger partial charge in [0.05, 0.1) is 16.1 Å². The van der Waals surface area contributed by atoms with E-state index in [0.717, 1.165) is 18.4 Å². The second-order valence-electron chi connectivity index (χ2n) is 8.65. The molecule has 0 N–H and O–H groups in total. The molecule has 1 aliphatic carbocycles. The highest BCUT2D eigenvalue weighted by atomic mass is 32.2. The number of hydrogen-bond donors (Lipinski definition) is 0. The molecule has 1 heterocycles. The summed E-state index contributed by atoms with van der Waals surface area (Å²) < 4.78 is 27.8. The summed E-state index contributed by atoms with van der Waals surface area (Å²) in [7, 11) is -1.91. The molecule has 2 aromatic rings. The fourth-order valence-corrected chi connectivity index (χ4v) is 5.83. The van der Waals surface area contributed by atoms with E-state index < -0.39 is 10.0 Å². The summed E-state index contributed by atoms with van der Waals surface area (Å²) in [4.78, 5) is 29.4. The zero-order chi connectivity index (χ0) is 23.0. The molecule has 0 bridgehead atoms. The lowest BCUT2D eigenvalue weighted by Crippen LogP contribution is -2.50. The number of anilines is 1. The first-order valence-electron chi connectivity index (χ1n) is 10.9. The van der Waals surface area contributed by atoms with Crippen LogP contribution in [0.25, 0.3) is 0 Å². The minimum atomic E-state index is -3.62. The molecule has 1 aliphatic heterocycles. The smallest absolute Gasteiger partial charge is 0.256 e. The summed E-state index contributed by atoms with van der Waals surface area (Å²) in [5.74, 6) is -0.0866. The molecule has 1 saturated carbocycles. The van der Waals surface area contributed by atoms with Gasteiger partial charge >= 0.3 is 0 Å². The second-order valence-corrected chi connectivity index (χ2v) is 10.6. The lowest BCUT2D eigenvalue weighted by atomic mass is 10.1. The summed E-state index contributed by atoms with van der Waals surface area (Å²) in [6, 6.07) is 12.5. The third kappa shape index (κ3) is 4.29. The number of sulfonamides is 1. The van der Waals surface area contributed by atoms with E-state index in [2.05, 4.69) is 0 Å². The Labute approximate surface area is 189 Å². The van der Waals surface area contributed by atoms with Crippen LogP contribution in [0.4, 0.5) is 5.69 Å². The van der Waals surface area contributed by atoms with Crippen molar-refractivity contribution in [1.82, 2.24) is 9.21 Å². The molecule has 2 fully saturated rings. The fourth-order valence-electron chi connectivity index (χ4n) is 4.10. The Balaban J connectivity index is 1.49. The van der Waals surface area contributed by atoms with Crippen LogP contribution >= 0.6 is 0 Å². The number of aryl methyl sites for hydroxylation is 2. The van der Waals surface area contributed by atoms with Gasteiger partial charge in [0.25, 0.3) is 5.91 Å². The molecule has 0 atom stereocenters. The maximum absolute atomic E-state index is 13.3. The molecular formula is C24H29N3O4S. The average molecular weight is 456 g/mol. The predicted molar refractivity (Wildman–Crippen MR) is 123 cm³/mol. The van der Waals surface area contributed by atoms with E-state index in [1.165, 1.54) is 4.31 Å². The summed E-state index contributed by atoms with van der Waals surface area (Å²) >= 11 is 0. The Kier molecular flexibility index (Phi) is 6.09. The largest absolute Gasteiger partial charge is 0.336 e. The van der Waals surface area contributed by atoms with Crippen molar-refractivity contribution in [2.75, 3.05) is 38.1 Å². The lowest BCUT2D eigenvalue weighted by molar-refractivity contribution is -0.119. The molecule has 32 heavy (non-hydrogen) atoms. The van der Waals surface area contributed by atoms with E-state index in [-0.39, 0.29) is 30.8 Å². The third-order valence-electron chi connectivity index (χ3n) is 6.24. The predicted octanol–water partition coefficient (Wildman–Crippen LogP) is 2.82. The number of para-hydroxylation sites is 1. The number of hydrogen-bond acceptors (Lipinski definition) is 4. The van der Waals surface area contributed by atoms with Gasteiger partial charge in [-0.15, -0.1) is 0 Å². The van der Waals surface area contributed by atoms with Gasteiger partial charge in [-0.2, -0.15) is 4.31 Å². The SMILES string of the molecule is Cc1ccc(C)c(S(=O)(=O)N2CCN(C(=O)c3ccccc3N(C)C(=O)C3CC3)CC2)c1. The second kappa shape index (κ2) is 8.67. The molecule has 0 aromatic heterocycles. The zero-order valence-corrected chi connectivity index (χ0v) is 19.6. The highest BCUT2D eigenvalue weighted by Gasteiger charge is 2.35. The molecule has 0 unspecified atom stereocenters. The summed E-state index contributed by atoms with van der Waals surface area (Å²) in [6.07, 6.45) is 1.80. The van der Waals surface area contributed by atoms with E-state index in [1.54, 1.807) is 48.0 Å². The number of nitrogens with zero attached hydrogens (tertiary/aromatic N) is 3. The molecule has 170 valence electrons. The summed E-state index contributed by atoms with van der Waals surface area (Å²) in [6.45, 7) is 4.75. The van der Waals surface area contributed by atoms with Gasteiger partial charge in [-0.25, -0.2) is 8.42 Å². The zero-order valence-electron chi connectivity index (χ0n) is 18.7. The first-order chi connectivity index (χ1) is 15.2. The molecule has 8 heteroatoms. The van der Waals surface area contributed by atoms with Gasteiger partial charge in [0, 0.05) is 39.1 Å². The van der Waals surface area contributed by atoms with Gasteiger partial charge in [0.2, 0.25) is 15.9 Å². The molecule has 0 radical (unpaired) electrons. The van der Waals surface area contributed by atoms with Crippen molar-refractivity contribution in [3.05, 3.63) is 59.2 Å². The maximum atomic E-state index is 13.3. The Morgan fingerprint density at radius 1 is 0.969 bits per heavy atom. The van der Waals surface area contributed by atoms with Crippen molar-refractivity contribution in [2.45, 2.75) is 31.6 Å². The molecule has 2 aromatic carbocycles. The monoisotopic (exact) mass is 455 g/mol. The van der Waals surface area contributed by atoms with Crippen molar-refractivity contribution in [3.63, 3.8) is 0 Å². The van der Waals surface area contributed by atoms with Crippen LogP contribution in [0.3, 0.4) is 0 Å². The summed E-state index contributed by atoms with van der Waals surface area (Å²) in [5, 5.41) is 0. The number of piperazine rings is 1. The van der Waals surface area contributed by atoms with Gasteiger partial charge in [-0.3, -0.25) is 9.59 Å². The van der Waals surface area contributed by atoms with E-state index >= 15 is 0 Å².